The second-order valence-electron chi connectivity index (χ2n) is 9.96. The summed E-state index contributed by atoms with van der Waals surface area (Å²) in [6.45, 7) is 4.02. The molecular weight excluding hydrogens is 550 g/mol. The number of halogens is 1. The summed E-state index contributed by atoms with van der Waals surface area (Å²) in [5, 5.41) is 3.50. The number of carbonyl (C=O) groups excluding carboxylic acids is 2. The molecule has 0 aliphatic heterocycles. The van der Waals surface area contributed by atoms with Crippen molar-refractivity contribution in [2.45, 2.75) is 32.9 Å². The van der Waals surface area contributed by atoms with Gasteiger partial charge in [0.1, 0.15) is 18.3 Å². The Balaban J connectivity index is 2.03. The van der Waals surface area contributed by atoms with Crippen molar-refractivity contribution in [1.29, 1.82) is 0 Å². The molecule has 0 unspecified atom stereocenters. The number of benzene rings is 3. The number of ether oxygens (including phenoxy) is 1. The normalized spacial score (nSPS) is 12.1. The van der Waals surface area contributed by atoms with E-state index in [-0.39, 0.29) is 24.8 Å². The van der Waals surface area contributed by atoms with E-state index in [0.29, 0.717) is 23.0 Å². The number of carbonyl (C=O) groups is 2. The number of methoxy groups -OCH3 is 1. The molecule has 3 aromatic carbocycles. The van der Waals surface area contributed by atoms with Gasteiger partial charge in [-0.25, -0.2) is 8.42 Å². The maximum Gasteiger partial charge on any atom is 0.244 e. The molecular formula is C30H36ClN3O5S. The third kappa shape index (κ3) is 8.99. The molecule has 0 saturated heterocycles. The minimum atomic E-state index is -3.84. The Hall–Kier alpha value is -3.56. The molecule has 10 heteroatoms. The number of sulfonamides is 1. The van der Waals surface area contributed by atoms with Crippen LogP contribution in [0.3, 0.4) is 0 Å². The van der Waals surface area contributed by atoms with E-state index < -0.39 is 28.5 Å². The van der Waals surface area contributed by atoms with E-state index in [9.17, 15) is 18.0 Å². The fourth-order valence-corrected chi connectivity index (χ4v) is 5.10. The van der Waals surface area contributed by atoms with E-state index in [1.54, 1.807) is 48.5 Å². The Morgan fingerprint density at radius 3 is 2.10 bits per heavy atom. The maximum absolute atomic E-state index is 14.0. The van der Waals surface area contributed by atoms with Crippen molar-refractivity contribution in [2.75, 3.05) is 30.8 Å². The van der Waals surface area contributed by atoms with Crippen molar-refractivity contribution in [1.82, 2.24) is 10.2 Å². The van der Waals surface area contributed by atoms with Gasteiger partial charge in [0.2, 0.25) is 21.8 Å². The molecule has 40 heavy (non-hydrogen) atoms. The van der Waals surface area contributed by atoms with Crippen LogP contribution in [0.1, 0.15) is 25.0 Å². The minimum Gasteiger partial charge on any atom is -0.497 e. The van der Waals surface area contributed by atoms with Crippen LogP contribution in [0.4, 0.5) is 5.69 Å². The number of anilines is 1. The summed E-state index contributed by atoms with van der Waals surface area (Å²) in [5.74, 6) is -0.0674. The molecule has 0 aromatic heterocycles. The van der Waals surface area contributed by atoms with Crippen LogP contribution in [-0.2, 0) is 32.6 Å². The van der Waals surface area contributed by atoms with Gasteiger partial charge in [-0.2, -0.15) is 0 Å². The van der Waals surface area contributed by atoms with Crippen LogP contribution in [0.2, 0.25) is 5.02 Å². The number of amides is 2. The van der Waals surface area contributed by atoms with E-state index in [1.807, 2.05) is 44.2 Å². The Labute approximate surface area is 241 Å². The van der Waals surface area contributed by atoms with Crippen molar-refractivity contribution < 1.29 is 22.7 Å². The third-order valence-corrected chi connectivity index (χ3v) is 7.65. The lowest BCUT2D eigenvalue weighted by Gasteiger charge is -2.33. The molecule has 1 N–H and O–H groups in total. The van der Waals surface area contributed by atoms with E-state index in [1.165, 1.54) is 12.0 Å². The lowest BCUT2D eigenvalue weighted by Crippen LogP contribution is -2.53. The van der Waals surface area contributed by atoms with Gasteiger partial charge >= 0.3 is 0 Å². The molecule has 3 aromatic rings. The largest absolute Gasteiger partial charge is 0.497 e. The van der Waals surface area contributed by atoms with Gasteiger partial charge in [-0.05, 0) is 53.4 Å². The van der Waals surface area contributed by atoms with E-state index >= 15 is 0 Å². The van der Waals surface area contributed by atoms with Crippen molar-refractivity contribution in [2.24, 2.45) is 5.92 Å². The molecule has 1 atom stereocenters. The molecule has 8 nitrogen and oxygen atoms in total. The predicted molar refractivity (Wildman–Crippen MR) is 159 cm³/mol. The zero-order valence-electron chi connectivity index (χ0n) is 23.2. The van der Waals surface area contributed by atoms with E-state index in [4.69, 9.17) is 16.3 Å². The SMILES string of the molecule is COc1ccc(N(CC(=O)N(Cc2ccc(Cl)cc2)[C@H](Cc2ccccc2)C(=O)NCC(C)C)S(C)(=O)=O)cc1. The second kappa shape index (κ2) is 14.2. The zero-order chi connectivity index (χ0) is 29.3. The van der Waals surface area contributed by atoms with Crippen LogP contribution in [0.15, 0.2) is 78.9 Å². The highest BCUT2D eigenvalue weighted by atomic mass is 35.5. The number of nitrogens with zero attached hydrogens (tertiary/aromatic N) is 2. The summed E-state index contributed by atoms with van der Waals surface area (Å²) in [6.07, 6.45) is 1.30. The molecule has 0 heterocycles. The quantitative estimate of drug-likeness (QED) is 0.318. The van der Waals surface area contributed by atoms with Gasteiger partial charge in [-0.1, -0.05) is 67.9 Å². The smallest absolute Gasteiger partial charge is 0.244 e. The van der Waals surface area contributed by atoms with E-state index in [0.717, 1.165) is 21.7 Å². The first kappa shape index (κ1) is 31.0. The van der Waals surface area contributed by atoms with Crippen molar-refractivity contribution in [3.8, 4) is 5.75 Å². The minimum absolute atomic E-state index is 0.0861. The highest BCUT2D eigenvalue weighted by Gasteiger charge is 2.33. The molecule has 214 valence electrons. The van der Waals surface area contributed by atoms with Crippen molar-refractivity contribution in [3.05, 3.63) is 95.0 Å². The van der Waals surface area contributed by atoms with Gasteiger partial charge in [0.05, 0.1) is 19.1 Å². The molecule has 0 radical (unpaired) electrons. The highest BCUT2D eigenvalue weighted by molar-refractivity contribution is 7.92. The fourth-order valence-electron chi connectivity index (χ4n) is 4.13. The number of nitrogens with one attached hydrogen (secondary N) is 1. The summed E-state index contributed by atoms with van der Waals surface area (Å²) < 4.78 is 31.9. The highest BCUT2D eigenvalue weighted by Crippen LogP contribution is 2.23. The van der Waals surface area contributed by atoms with Gasteiger partial charge < -0.3 is 15.0 Å². The van der Waals surface area contributed by atoms with Crippen LogP contribution >= 0.6 is 11.6 Å². The Morgan fingerprint density at radius 2 is 1.55 bits per heavy atom. The number of rotatable bonds is 13. The van der Waals surface area contributed by atoms with Gasteiger partial charge in [-0.15, -0.1) is 0 Å². The second-order valence-corrected chi connectivity index (χ2v) is 12.3. The summed E-state index contributed by atoms with van der Waals surface area (Å²) in [7, 11) is -2.33. The summed E-state index contributed by atoms with van der Waals surface area (Å²) in [4.78, 5) is 29.1. The van der Waals surface area contributed by atoms with Gasteiger partial charge in [-0.3, -0.25) is 13.9 Å². The molecule has 0 spiro atoms. The summed E-state index contributed by atoms with van der Waals surface area (Å²) >= 11 is 6.08. The molecule has 0 bridgehead atoms. The van der Waals surface area contributed by atoms with E-state index in [2.05, 4.69) is 5.32 Å². The average molecular weight is 586 g/mol. The molecule has 0 aliphatic rings. The first-order valence-electron chi connectivity index (χ1n) is 12.9. The molecule has 2 amide bonds. The Kier molecular flexibility index (Phi) is 11.0. The Bertz CT molecular complexity index is 1360. The van der Waals surface area contributed by atoms with Gasteiger partial charge in [0, 0.05) is 24.5 Å². The number of hydrogen-bond donors (Lipinski definition) is 1. The molecule has 0 saturated carbocycles. The number of hydrogen-bond acceptors (Lipinski definition) is 5. The maximum atomic E-state index is 14.0. The third-order valence-electron chi connectivity index (χ3n) is 6.26. The standard InChI is InChI=1S/C30H36ClN3O5S/c1-22(2)19-32-30(36)28(18-23-8-6-5-7-9-23)33(20-24-10-12-25(31)13-11-24)29(35)21-34(40(4,37)38)26-14-16-27(39-3)17-15-26/h5-17,22,28H,18-21H2,1-4H3,(H,32,36)/t28-/m1/s1. The molecule has 0 fully saturated rings. The first-order chi connectivity index (χ1) is 19.0. The fraction of sp³-hybridized carbons (Fsp3) is 0.333. The summed E-state index contributed by atoms with van der Waals surface area (Å²) in [5.41, 5.74) is 1.94. The first-order valence-corrected chi connectivity index (χ1v) is 15.2. The monoisotopic (exact) mass is 585 g/mol. The van der Waals surface area contributed by atoms with Crippen LogP contribution in [-0.4, -0.2) is 57.6 Å². The molecule has 0 aliphatic carbocycles. The topological polar surface area (TPSA) is 96.0 Å². The molecule has 3 rings (SSSR count). The lowest BCUT2D eigenvalue weighted by atomic mass is 10.0. The van der Waals surface area contributed by atoms with Crippen LogP contribution < -0.4 is 14.4 Å². The zero-order valence-corrected chi connectivity index (χ0v) is 24.8. The van der Waals surface area contributed by atoms with Crippen molar-refractivity contribution in [3.63, 3.8) is 0 Å². The van der Waals surface area contributed by atoms with Crippen LogP contribution in [0.25, 0.3) is 0 Å². The Morgan fingerprint density at radius 1 is 0.925 bits per heavy atom. The van der Waals surface area contributed by atoms with Gasteiger partial charge in [0.15, 0.2) is 0 Å². The van der Waals surface area contributed by atoms with Crippen LogP contribution in [0.5, 0.6) is 5.75 Å². The summed E-state index contributed by atoms with van der Waals surface area (Å²) in [6, 6.07) is 21.9. The van der Waals surface area contributed by atoms with Crippen LogP contribution in [0, 0.1) is 5.92 Å². The lowest BCUT2D eigenvalue weighted by molar-refractivity contribution is -0.140. The predicted octanol–water partition coefficient (Wildman–Crippen LogP) is 4.53. The van der Waals surface area contributed by atoms with Gasteiger partial charge in [0.25, 0.3) is 0 Å². The average Bonchev–Trinajstić information content (AvgIpc) is 2.93. The van der Waals surface area contributed by atoms with Crippen molar-refractivity contribution >= 4 is 39.1 Å².